The van der Waals surface area contributed by atoms with Gasteiger partial charge in [0.1, 0.15) is 12.4 Å². The Morgan fingerprint density at radius 2 is 1.95 bits per heavy atom. The van der Waals surface area contributed by atoms with E-state index in [1.54, 1.807) is 0 Å². The number of amides is 1. The van der Waals surface area contributed by atoms with Crippen molar-refractivity contribution in [2.45, 2.75) is 39.2 Å². The van der Waals surface area contributed by atoms with Crippen LogP contribution in [0.1, 0.15) is 31.7 Å². The topological polar surface area (TPSA) is 41.6 Å². The van der Waals surface area contributed by atoms with Gasteiger partial charge in [-0.2, -0.15) is 0 Å². The molecule has 0 spiro atoms. The molecule has 1 aromatic carbocycles. The van der Waals surface area contributed by atoms with Crippen LogP contribution < -0.4 is 10.1 Å². The van der Waals surface area contributed by atoms with Gasteiger partial charge in [-0.3, -0.25) is 4.79 Å². The van der Waals surface area contributed by atoms with E-state index in [9.17, 15) is 4.79 Å². The number of aryl methyl sites for hydroxylation is 1. The molecule has 0 bridgehead atoms. The number of ether oxygens (including phenoxy) is 1. The molecular weight excluding hydrogens is 276 g/mol. The number of nitrogens with one attached hydrogen (secondary N) is 1. The van der Waals surface area contributed by atoms with Crippen molar-refractivity contribution in [3.05, 3.63) is 29.8 Å². The second-order valence-electron chi connectivity index (χ2n) is 6.54. The van der Waals surface area contributed by atoms with Gasteiger partial charge in [0.25, 0.3) is 0 Å². The molecule has 122 valence electrons. The van der Waals surface area contributed by atoms with Crippen molar-refractivity contribution in [3.8, 4) is 5.75 Å². The van der Waals surface area contributed by atoms with Crippen LogP contribution in [0.2, 0.25) is 0 Å². The van der Waals surface area contributed by atoms with Crippen molar-refractivity contribution in [2.24, 2.45) is 5.92 Å². The number of rotatable bonds is 6. The van der Waals surface area contributed by atoms with Gasteiger partial charge < -0.3 is 15.0 Å². The highest BCUT2D eigenvalue weighted by atomic mass is 16.5. The van der Waals surface area contributed by atoms with Crippen LogP contribution in [0.3, 0.4) is 0 Å². The van der Waals surface area contributed by atoms with E-state index in [1.807, 2.05) is 31.2 Å². The van der Waals surface area contributed by atoms with Crippen LogP contribution >= 0.6 is 0 Å². The lowest BCUT2D eigenvalue weighted by Crippen LogP contribution is -2.39. The second kappa shape index (κ2) is 8.18. The predicted molar refractivity (Wildman–Crippen MR) is 89.1 cm³/mol. The molecule has 2 rings (SSSR count). The fourth-order valence-electron chi connectivity index (χ4n) is 2.76. The highest BCUT2D eigenvalue weighted by Gasteiger charge is 2.20. The Labute approximate surface area is 133 Å². The van der Waals surface area contributed by atoms with Gasteiger partial charge in [0.15, 0.2) is 0 Å². The first-order valence-electron chi connectivity index (χ1n) is 8.20. The first-order valence-corrected chi connectivity index (χ1v) is 8.20. The Balaban J connectivity index is 1.66. The largest absolute Gasteiger partial charge is 0.491 e. The van der Waals surface area contributed by atoms with Crippen molar-refractivity contribution in [2.75, 3.05) is 26.7 Å². The number of hydrogen-bond donors (Lipinski definition) is 1. The van der Waals surface area contributed by atoms with Crippen LogP contribution in [0.5, 0.6) is 5.75 Å². The third-order valence-corrected chi connectivity index (χ3v) is 4.24. The number of likely N-dealkylation sites (tertiary alicyclic amines) is 1. The summed E-state index contributed by atoms with van der Waals surface area (Å²) < 4.78 is 5.71. The number of hydrogen-bond acceptors (Lipinski definition) is 3. The minimum atomic E-state index is 0.0278. The van der Waals surface area contributed by atoms with Crippen molar-refractivity contribution in [1.82, 2.24) is 10.2 Å². The SMILES string of the molecule is Cc1ccc(OC[C@@H](C)NC(=O)CC2CCN(C)CC2)cc1. The summed E-state index contributed by atoms with van der Waals surface area (Å²) in [5.74, 6) is 1.53. The molecule has 4 nitrogen and oxygen atoms in total. The molecule has 1 N–H and O–H groups in total. The molecular formula is C18H28N2O2. The molecule has 4 heteroatoms. The van der Waals surface area contributed by atoms with Crippen LogP contribution in [0, 0.1) is 12.8 Å². The minimum Gasteiger partial charge on any atom is -0.491 e. The van der Waals surface area contributed by atoms with E-state index in [2.05, 4.69) is 24.2 Å². The number of piperidine rings is 1. The normalized spacial score (nSPS) is 18.0. The molecule has 1 fully saturated rings. The lowest BCUT2D eigenvalue weighted by molar-refractivity contribution is -0.123. The predicted octanol–water partition coefficient (Wildman–Crippen LogP) is 2.61. The summed E-state index contributed by atoms with van der Waals surface area (Å²) >= 11 is 0. The molecule has 1 aromatic rings. The maximum Gasteiger partial charge on any atom is 0.220 e. The lowest BCUT2D eigenvalue weighted by atomic mass is 9.93. The van der Waals surface area contributed by atoms with Gasteiger partial charge in [0.05, 0.1) is 6.04 Å². The van der Waals surface area contributed by atoms with Crippen LogP contribution in [0.4, 0.5) is 0 Å². The van der Waals surface area contributed by atoms with Crippen molar-refractivity contribution in [3.63, 3.8) is 0 Å². The van der Waals surface area contributed by atoms with Crippen molar-refractivity contribution >= 4 is 5.91 Å². The van der Waals surface area contributed by atoms with Gasteiger partial charge in [-0.1, -0.05) is 17.7 Å². The zero-order chi connectivity index (χ0) is 15.9. The molecule has 1 atom stereocenters. The average molecular weight is 304 g/mol. The van der Waals surface area contributed by atoms with Gasteiger partial charge in [0, 0.05) is 6.42 Å². The first-order chi connectivity index (χ1) is 10.5. The zero-order valence-electron chi connectivity index (χ0n) is 14.0. The first kappa shape index (κ1) is 16.8. The maximum atomic E-state index is 12.1. The summed E-state index contributed by atoms with van der Waals surface area (Å²) in [5, 5.41) is 3.04. The number of carbonyl (C=O) groups is 1. The number of carbonyl (C=O) groups excluding carboxylic acids is 1. The number of benzene rings is 1. The van der Waals surface area contributed by atoms with E-state index in [1.165, 1.54) is 5.56 Å². The fourth-order valence-corrected chi connectivity index (χ4v) is 2.76. The molecule has 1 aliphatic heterocycles. The summed E-state index contributed by atoms with van der Waals surface area (Å²) in [7, 11) is 2.14. The van der Waals surface area contributed by atoms with Gasteiger partial charge in [-0.25, -0.2) is 0 Å². The summed E-state index contributed by atoms with van der Waals surface area (Å²) in [4.78, 5) is 14.4. The van der Waals surface area contributed by atoms with E-state index in [0.717, 1.165) is 31.7 Å². The molecule has 0 radical (unpaired) electrons. The third kappa shape index (κ3) is 5.68. The van der Waals surface area contributed by atoms with Gasteiger partial charge in [-0.05, 0) is 64.9 Å². The monoisotopic (exact) mass is 304 g/mol. The van der Waals surface area contributed by atoms with E-state index in [-0.39, 0.29) is 11.9 Å². The molecule has 0 unspecified atom stereocenters. The van der Waals surface area contributed by atoms with Crippen molar-refractivity contribution < 1.29 is 9.53 Å². The van der Waals surface area contributed by atoms with Crippen LogP contribution in [0.25, 0.3) is 0 Å². The molecule has 0 aromatic heterocycles. The fraction of sp³-hybridized carbons (Fsp3) is 0.611. The molecule has 1 saturated heterocycles. The zero-order valence-corrected chi connectivity index (χ0v) is 14.0. The average Bonchev–Trinajstić information content (AvgIpc) is 2.49. The molecule has 22 heavy (non-hydrogen) atoms. The lowest BCUT2D eigenvalue weighted by Gasteiger charge is -2.28. The van der Waals surface area contributed by atoms with E-state index < -0.39 is 0 Å². The van der Waals surface area contributed by atoms with Crippen LogP contribution in [-0.4, -0.2) is 43.6 Å². The highest BCUT2D eigenvalue weighted by molar-refractivity contribution is 5.76. The molecule has 1 amide bonds. The molecule has 0 aliphatic carbocycles. The highest BCUT2D eigenvalue weighted by Crippen LogP contribution is 2.19. The van der Waals surface area contributed by atoms with Crippen LogP contribution in [-0.2, 0) is 4.79 Å². The number of nitrogens with zero attached hydrogens (tertiary/aromatic N) is 1. The van der Waals surface area contributed by atoms with Gasteiger partial charge in [-0.15, -0.1) is 0 Å². The molecule has 0 saturated carbocycles. The molecule has 1 aliphatic rings. The smallest absolute Gasteiger partial charge is 0.220 e. The minimum absolute atomic E-state index is 0.0278. The van der Waals surface area contributed by atoms with E-state index >= 15 is 0 Å². The Morgan fingerprint density at radius 1 is 1.32 bits per heavy atom. The quantitative estimate of drug-likeness (QED) is 0.878. The summed E-state index contributed by atoms with van der Waals surface area (Å²) in [6, 6.07) is 8.00. The van der Waals surface area contributed by atoms with Gasteiger partial charge >= 0.3 is 0 Å². The third-order valence-electron chi connectivity index (χ3n) is 4.24. The van der Waals surface area contributed by atoms with E-state index in [4.69, 9.17) is 4.74 Å². The Bertz CT molecular complexity index is 464. The molecule has 1 heterocycles. The van der Waals surface area contributed by atoms with E-state index in [0.29, 0.717) is 18.9 Å². The Hall–Kier alpha value is -1.55. The Morgan fingerprint density at radius 3 is 2.59 bits per heavy atom. The maximum absolute atomic E-state index is 12.1. The summed E-state index contributed by atoms with van der Waals surface area (Å²) in [6.07, 6.45) is 2.89. The second-order valence-corrected chi connectivity index (χ2v) is 6.54. The van der Waals surface area contributed by atoms with Crippen LogP contribution in [0.15, 0.2) is 24.3 Å². The summed E-state index contributed by atoms with van der Waals surface area (Å²) in [6.45, 7) is 6.74. The summed E-state index contributed by atoms with van der Waals surface area (Å²) in [5.41, 5.74) is 1.21. The Kier molecular flexibility index (Phi) is 6.25. The standard InChI is InChI=1S/C18H28N2O2/c1-14-4-6-17(7-5-14)22-13-15(2)19-18(21)12-16-8-10-20(3)11-9-16/h4-7,15-16H,8-13H2,1-3H3,(H,19,21)/t15-/m1/s1. The van der Waals surface area contributed by atoms with Gasteiger partial charge in [0.2, 0.25) is 5.91 Å². The van der Waals surface area contributed by atoms with Crippen molar-refractivity contribution in [1.29, 1.82) is 0 Å².